The number of aryl methyl sites for hydroxylation is 1. The summed E-state index contributed by atoms with van der Waals surface area (Å²) in [6.45, 7) is -5.22. The second-order valence-corrected chi connectivity index (χ2v) is 27.4. The lowest BCUT2D eigenvalue weighted by atomic mass is 10.1. The lowest BCUT2D eigenvalue weighted by molar-refractivity contribution is -0.745. The van der Waals surface area contributed by atoms with Crippen LogP contribution in [0.15, 0.2) is 67.5 Å². The van der Waals surface area contributed by atoms with Crippen molar-refractivity contribution in [2.24, 2.45) is 7.05 Å². The first-order valence-corrected chi connectivity index (χ1v) is 33.0. The number of imidazole rings is 2. The number of H-pyrrole nitrogens is 3. The first kappa shape index (κ1) is 68.0. The molecule has 0 spiro atoms. The number of ether oxygens (including phenoxy) is 4. The normalized spacial score (nSPS) is 32.0. The zero-order valence-corrected chi connectivity index (χ0v) is 49.9. The molecule has 47 nitrogen and oxygen atoms in total. The van der Waals surface area contributed by atoms with Gasteiger partial charge in [-0.2, -0.15) is 8.62 Å². The molecule has 0 aliphatic carbocycles. The average molecular weight is 1400 g/mol. The number of aliphatic hydroxyl groups is 6. The number of hydrogen-bond donors (Lipinski definition) is 16. The first-order valence-electron chi connectivity index (χ1n) is 25.6. The van der Waals surface area contributed by atoms with Crippen LogP contribution in [0.3, 0.4) is 0 Å². The van der Waals surface area contributed by atoms with Crippen molar-refractivity contribution in [1.82, 2.24) is 53.2 Å². The SMILES string of the molecule is Cn1c[n+]([C@@H]2O[C@H](COP(=O)(O)OP(=O)(O)OP(=O)(O)OC[C@H]3O[C@@H](n4cnc5c(N)ncnc54)[C@H](O)[C@@H]3OP(=O)(O)OC[C@H]3O[C@@H](n4ccc(=O)[nH]c4=O)[C@H](O)[C@@H]3OP(=O)(O)OC[C@H]3O[C@@H](n4ccc(=O)[nH]c4=O)[C@H](O)[C@@H]3O)[C@@H](O)[C@H]2O)c2nc(N)[nH]c(=O)c21. The summed E-state index contributed by atoms with van der Waals surface area (Å²) >= 11 is 0. The summed E-state index contributed by atoms with van der Waals surface area (Å²) in [6, 6.07) is 1.66. The molecule has 4 fully saturated rings. The van der Waals surface area contributed by atoms with Crippen LogP contribution in [-0.2, 0) is 84.6 Å². The molecular weight excluding hydrogens is 1350 g/mol. The number of fused-ring (bicyclic) bond motifs is 2. The molecule has 10 rings (SSSR count). The number of aromatic nitrogens is 12. The molecule has 4 aliphatic heterocycles. The summed E-state index contributed by atoms with van der Waals surface area (Å²) < 4.78 is 132. The van der Waals surface area contributed by atoms with E-state index in [0.717, 1.165) is 46.3 Å². The van der Waals surface area contributed by atoms with Gasteiger partial charge >= 0.3 is 56.1 Å². The molecule has 0 bridgehead atoms. The Labute approximate surface area is 501 Å². The third-order valence-corrected chi connectivity index (χ3v) is 20.0. The molecule has 0 amide bonds. The van der Waals surface area contributed by atoms with E-state index in [9.17, 15) is 102 Å². The fourth-order valence-electron chi connectivity index (χ4n) is 9.75. The fourth-order valence-corrected chi connectivity index (χ4v) is 15.2. The van der Waals surface area contributed by atoms with Crippen LogP contribution in [0.5, 0.6) is 0 Å². The third-order valence-electron chi connectivity index (χ3n) is 13.8. The maximum atomic E-state index is 13.9. The van der Waals surface area contributed by atoms with E-state index in [0.29, 0.717) is 9.13 Å². The molecule has 500 valence electrons. The zero-order chi connectivity index (χ0) is 66.2. The highest BCUT2D eigenvalue weighted by molar-refractivity contribution is 7.66. The topological polar surface area (TPSA) is 679 Å². The van der Waals surface area contributed by atoms with Crippen LogP contribution in [0.1, 0.15) is 24.9 Å². The second kappa shape index (κ2) is 25.8. The molecule has 0 radical (unpaired) electrons. The largest absolute Gasteiger partial charge is 0.490 e. The highest BCUT2D eigenvalue weighted by atomic mass is 31.3. The minimum Gasteiger partial charge on any atom is -0.387 e. The van der Waals surface area contributed by atoms with Crippen molar-refractivity contribution in [2.75, 3.05) is 37.9 Å². The number of nitrogens with zero attached hydrogens (tertiary/aromatic N) is 9. The van der Waals surface area contributed by atoms with Gasteiger partial charge in [-0.1, -0.05) is 4.98 Å². The van der Waals surface area contributed by atoms with Gasteiger partial charge in [0.05, 0.1) is 39.8 Å². The van der Waals surface area contributed by atoms with E-state index in [1.165, 1.54) is 17.9 Å². The van der Waals surface area contributed by atoms with Crippen LogP contribution >= 0.6 is 39.1 Å². The Hall–Kier alpha value is -5.91. The van der Waals surface area contributed by atoms with E-state index in [4.69, 9.17) is 53.0 Å². The van der Waals surface area contributed by atoms with Crippen LogP contribution < -0.4 is 44.1 Å². The Morgan fingerprint density at radius 3 is 1.56 bits per heavy atom. The summed E-state index contributed by atoms with van der Waals surface area (Å²) in [4.78, 5) is 137. The molecule has 52 heteroatoms. The number of nitrogens with one attached hydrogen (secondary N) is 3. The Kier molecular flexibility index (Phi) is 19.2. The van der Waals surface area contributed by atoms with Gasteiger partial charge in [0.25, 0.3) is 22.6 Å². The van der Waals surface area contributed by atoms with E-state index in [2.05, 4.69) is 38.1 Å². The van der Waals surface area contributed by atoms with Crippen LogP contribution in [0, 0.1) is 0 Å². The monoisotopic (exact) mass is 1400 g/mol. The average Bonchev–Trinajstić information content (AvgIpc) is 1.63. The van der Waals surface area contributed by atoms with Gasteiger partial charge in [-0.15, -0.1) is 0 Å². The molecule has 10 heterocycles. The van der Waals surface area contributed by atoms with Crippen molar-refractivity contribution >= 4 is 73.2 Å². The molecule has 4 aliphatic rings. The lowest BCUT2D eigenvalue weighted by Crippen LogP contribution is -2.46. The number of nitrogens with two attached hydrogens (primary N) is 2. The number of aromatic amines is 3. The standard InChI is InChI=1S/C39H51N14O33P5/c1-49-12-53(31-20(49)32(62)48-37(41)47-31)34-24(59)22(57)14(80-34)7-77-89(69,70)85-91(73,74)86-90(71,72)78-9-16-28(26(61)36(82-16)52-11-44-19-29(40)42-10-43-30(19)52)84-88(67,68)76-8-15-27(25(60)35(81-15)51-5-3-18(55)46-39(51)64)83-87(65,66)75-6-13-21(56)23(58)33(79-13)50-4-2-17(54)45-38(50)63/h2-5,10-16,21-28,33-36,56-61H,6-9H2,1H3,(H11-,40,41,42,43,45,46,47,48,54,55,62,63,64,65,66,67,68,69,70,71,72,73,74)/p+1/t13-,14-,15-,16-,21-,22-,23-,24-,25-,26-,27-,28-,33-,34-,35-,36-/m1/s1. The Balaban J connectivity index is 0.814. The highest BCUT2D eigenvalue weighted by Gasteiger charge is 2.55. The lowest BCUT2D eigenvalue weighted by Gasteiger charge is -2.26. The summed E-state index contributed by atoms with van der Waals surface area (Å²) in [5, 5.41) is 65.9. The van der Waals surface area contributed by atoms with Gasteiger partial charge in [-0.05, 0) is 0 Å². The molecule has 4 saturated heterocycles. The van der Waals surface area contributed by atoms with Gasteiger partial charge in [0.1, 0.15) is 85.1 Å². The van der Waals surface area contributed by atoms with E-state index < -0.39 is 192 Å². The molecule has 18 N–H and O–H groups in total. The summed E-state index contributed by atoms with van der Waals surface area (Å²) in [7, 11) is -28.5. The minimum absolute atomic E-state index is 0.0637. The number of nitrogen functional groups attached to an aromatic ring is 2. The molecule has 6 aromatic rings. The van der Waals surface area contributed by atoms with Crippen molar-refractivity contribution in [3.63, 3.8) is 0 Å². The van der Waals surface area contributed by atoms with Gasteiger partial charge in [0, 0.05) is 24.5 Å². The number of aliphatic hydroxyl groups excluding tert-OH is 6. The predicted octanol–water partition coefficient (Wildman–Crippen LogP) is -7.22. The molecule has 6 aromatic heterocycles. The Bertz CT molecular complexity index is 4300. The van der Waals surface area contributed by atoms with E-state index in [1.807, 2.05) is 9.97 Å². The maximum absolute atomic E-state index is 13.9. The van der Waals surface area contributed by atoms with Gasteiger partial charge in [-0.3, -0.25) is 74.7 Å². The molecule has 91 heavy (non-hydrogen) atoms. The number of anilines is 2. The van der Waals surface area contributed by atoms with Crippen molar-refractivity contribution in [1.29, 1.82) is 0 Å². The van der Waals surface area contributed by atoms with Crippen molar-refractivity contribution in [3.8, 4) is 0 Å². The van der Waals surface area contributed by atoms with Crippen LogP contribution in [-0.4, -0.2) is 208 Å². The van der Waals surface area contributed by atoms with Crippen molar-refractivity contribution in [2.45, 2.75) is 98.2 Å². The third kappa shape index (κ3) is 14.6. The van der Waals surface area contributed by atoms with Crippen LogP contribution in [0.4, 0.5) is 11.8 Å². The summed E-state index contributed by atoms with van der Waals surface area (Å²) in [6.07, 6.45) is -26.8. The predicted molar refractivity (Wildman–Crippen MR) is 285 cm³/mol. The number of phosphoric acid groups is 5. The van der Waals surface area contributed by atoms with Crippen molar-refractivity contribution in [3.05, 3.63) is 95.5 Å². The van der Waals surface area contributed by atoms with E-state index in [-0.39, 0.29) is 34.1 Å². The van der Waals surface area contributed by atoms with Crippen LogP contribution in [0.25, 0.3) is 22.3 Å². The smallest absolute Gasteiger partial charge is 0.387 e. The van der Waals surface area contributed by atoms with Gasteiger partial charge in [-0.25, -0.2) is 51.9 Å². The molecule has 21 atom stereocenters. The first-order chi connectivity index (χ1) is 42.5. The van der Waals surface area contributed by atoms with Crippen LogP contribution in [0.2, 0.25) is 0 Å². The number of hydrogen-bond acceptors (Lipinski definition) is 34. The van der Waals surface area contributed by atoms with Gasteiger partial charge in [0.2, 0.25) is 11.7 Å². The zero-order valence-electron chi connectivity index (χ0n) is 45.4. The minimum atomic E-state index is -6.34. The quantitative estimate of drug-likeness (QED) is 0.0198. The maximum Gasteiger partial charge on any atom is 0.490 e. The Morgan fingerprint density at radius 2 is 1.03 bits per heavy atom. The summed E-state index contributed by atoms with van der Waals surface area (Å²) in [5.74, 6) is -0.560. The highest BCUT2D eigenvalue weighted by Crippen LogP contribution is 2.68. The second-order valence-electron chi connectivity index (χ2n) is 19.9. The molecular formula is C39H52N14O33P5+. The molecule has 5 unspecified atom stereocenters. The Morgan fingerprint density at radius 1 is 0.571 bits per heavy atom. The van der Waals surface area contributed by atoms with Gasteiger partial charge in [0.15, 0.2) is 36.5 Å². The number of rotatable bonds is 24. The van der Waals surface area contributed by atoms with Gasteiger partial charge < -0.3 is 85.5 Å². The van der Waals surface area contributed by atoms with Crippen molar-refractivity contribution < 1.29 is 137 Å². The molecule has 0 saturated carbocycles. The van der Waals surface area contributed by atoms with E-state index in [1.54, 1.807) is 0 Å². The fraction of sp³-hybridized carbons (Fsp3) is 0.538. The van der Waals surface area contributed by atoms with E-state index >= 15 is 0 Å². The summed E-state index contributed by atoms with van der Waals surface area (Å²) in [5.41, 5.74) is 6.23. The number of phosphoric ester groups is 4. The molecule has 0 aromatic carbocycles.